The average Bonchev–Trinajstić information content (AvgIpc) is 2.83. The van der Waals surface area contributed by atoms with Crippen LogP contribution in [0.3, 0.4) is 0 Å². The van der Waals surface area contributed by atoms with Crippen molar-refractivity contribution in [2.24, 2.45) is 0 Å². The highest BCUT2D eigenvalue weighted by molar-refractivity contribution is 7.46. The van der Waals surface area contributed by atoms with E-state index in [1.165, 1.54) is 11.1 Å². The molecule has 0 heterocycles. The number of hydrogen-bond donors (Lipinski definition) is 2. The Morgan fingerprint density at radius 1 is 0.833 bits per heavy atom. The van der Waals surface area contributed by atoms with Crippen LogP contribution in [0.4, 0.5) is 0 Å². The summed E-state index contributed by atoms with van der Waals surface area (Å²) in [7, 11) is -0.593. The third kappa shape index (κ3) is 7.81. The van der Waals surface area contributed by atoms with E-state index in [1.54, 1.807) is 12.1 Å². The average molecular weight is 510 g/mol. The summed E-state index contributed by atoms with van der Waals surface area (Å²) in [5, 5.41) is 0. The van der Waals surface area contributed by atoms with Gasteiger partial charge in [0, 0.05) is 6.54 Å². The third-order valence-electron chi connectivity index (χ3n) is 5.90. The molecule has 0 bridgehead atoms. The van der Waals surface area contributed by atoms with Gasteiger partial charge in [-0.15, -0.1) is 0 Å². The molecule has 0 spiro atoms. The van der Waals surface area contributed by atoms with Crippen LogP contribution in [0.15, 0.2) is 72.8 Å². The normalized spacial score (nSPS) is 12.6. The molecule has 0 unspecified atom stereocenters. The Morgan fingerprint density at radius 3 is 1.78 bits per heavy atom. The van der Waals surface area contributed by atoms with E-state index in [9.17, 15) is 4.57 Å². The van der Waals surface area contributed by atoms with Crippen LogP contribution < -0.4 is 9.26 Å². The Kier molecular flexibility index (Phi) is 9.52. The van der Waals surface area contributed by atoms with E-state index in [4.69, 9.17) is 19.0 Å². The molecule has 2 N–H and O–H groups in total. The second-order valence-electron chi connectivity index (χ2n) is 9.27. The molecule has 0 aliphatic heterocycles. The van der Waals surface area contributed by atoms with Gasteiger partial charge in [0.15, 0.2) is 0 Å². The van der Waals surface area contributed by atoms with E-state index in [2.05, 4.69) is 62.1 Å². The zero-order valence-corrected chi connectivity index (χ0v) is 22.5. The maximum atomic E-state index is 11.2. The first-order valence-corrected chi connectivity index (χ1v) is 13.7. The highest BCUT2D eigenvalue weighted by atomic mass is 31.2. The summed E-state index contributed by atoms with van der Waals surface area (Å²) in [6.07, 6.45) is 0.804. The molecule has 3 aromatic rings. The van der Waals surface area contributed by atoms with Crippen molar-refractivity contribution in [3.05, 3.63) is 95.1 Å². The molecule has 0 aromatic heterocycles. The van der Waals surface area contributed by atoms with Crippen LogP contribution in [0.2, 0.25) is 0 Å². The highest BCUT2D eigenvalue weighted by Crippen LogP contribution is 2.40. The molecule has 0 saturated carbocycles. The number of allylic oxidation sites excluding steroid dienone is 1. The van der Waals surface area contributed by atoms with Crippen molar-refractivity contribution >= 4 is 19.0 Å². The van der Waals surface area contributed by atoms with Gasteiger partial charge in [0.05, 0.1) is 0 Å². The SMILES string of the molecule is CCC(=C(c1ccc(OCCN(C)C)cc1)c1ccc(OP(=O)(O)O)cc1)c1ccc(C(C)C)cc1. The molecule has 3 rings (SSSR count). The van der Waals surface area contributed by atoms with E-state index >= 15 is 0 Å². The number of hydrogen-bond acceptors (Lipinski definition) is 4. The fourth-order valence-corrected chi connectivity index (χ4v) is 4.39. The number of phosphoric acid groups is 1. The van der Waals surface area contributed by atoms with Crippen molar-refractivity contribution in [2.45, 2.75) is 33.1 Å². The van der Waals surface area contributed by atoms with Gasteiger partial charge in [-0.25, -0.2) is 4.57 Å². The van der Waals surface area contributed by atoms with Crippen LogP contribution in [0.1, 0.15) is 55.4 Å². The lowest BCUT2D eigenvalue weighted by Crippen LogP contribution is -2.19. The predicted molar refractivity (Wildman–Crippen MR) is 146 cm³/mol. The van der Waals surface area contributed by atoms with Crippen molar-refractivity contribution < 1.29 is 23.6 Å². The van der Waals surface area contributed by atoms with E-state index in [-0.39, 0.29) is 5.75 Å². The van der Waals surface area contributed by atoms with Gasteiger partial charge in [0.1, 0.15) is 18.1 Å². The number of ether oxygens (including phenoxy) is 1. The zero-order chi connectivity index (χ0) is 26.3. The largest absolute Gasteiger partial charge is 0.524 e. The van der Waals surface area contributed by atoms with E-state index in [1.807, 2.05) is 38.4 Å². The minimum atomic E-state index is -4.62. The monoisotopic (exact) mass is 509 g/mol. The molecular formula is C29H36NO5P. The summed E-state index contributed by atoms with van der Waals surface area (Å²) in [4.78, 5) is 20.4. The van der Waals surface area contributed by atoms with Crippen LogP contribution in [0, 0.1) is 0 Å². The number of phosphoric ester groups is 1. The van der Waals surface area contributed by atoms with Gasteiger partial charge in [-0.3, -0.25) is 9.79 Å². The number of rotatable bonds is 11. The fourth-order valence-electron chi connectivity index (χ4n) is 3.99. The quantitative estimate of drug-likeness (QED) is 0.224. The van der Waals surface area contributed by atoms with Crippen LogP contribution >= 0.6 is 7.82 Å². The first-order chi connectivity index (χ1) is 17.1. The van der Waals surface area contributed by atoms with Crippen molar-refractivity contribution in [1.29, 1.82) is 0 Å². The van der Waals surface area contributed by atoms with Crippen molar-refractivity contribution in [3.8, 4) is 11.5 Å². The van der Waals surface area contributed by atoms with Gasteiger partial charge in [0.2, 0.25) is 0 Å². The number of benzene rings is 3. The van der Waals surface area contributed by atoms with Gasteiger partial charge in [-0.05, 0) is 84.1 Å². The van der Waals surface area contributed by atoms with Gasteiger partial charge in [0.25, 0.3) is 0 Å². The third-order valence-corrected chi connectivity index (χ3v) is 6.35. The summed E-state index contributed by atoms with van der Waals surface area (Å²) in [5.74, 6) is 1.38. The zero-order valence-electron chi connectivity index (χ0n) is 21.6. The molecule has 0 fully saturated rings. The van der Waals surface area contributed by atoms with Crippen molar-refractivity contribution in [2.75, 3.05) is 27.2 Å². The molecule has 3 aromatic carbocycles. The van der Waals surface area contributed by atoms with Gasteiger partial charge < -0.3 is 14.2 Å². The molecule has 0 saturated heterocycles. The molecular weight excluding hydrogens is 473 g/mol. The Bertz CT molecular complexity index is 1190. The number of nitrogens with zero attached hydrogens (tertiary/aromatic N) is 1. The molecule has 0 aliphatic rings. The Labute approximate surface area is 214 Å². The second kappa shape index (κ2) is 12.4. The standard InChI is InChI=1S/C29H36NO5P/c1-6-28(23-9-7-22(8-10-23)21(2)3)29(25-13-17-27(18-14-25)35-36(31,32)33)24-11-15-26(16-12-24)34-20-19-30(4)5/h7-18,21H,6,19-20H2,1-5H3,(H2,31,32,33). The van der Waals surface area contributed by atoms with Crippen LogP contribution in [-0.4, -0.2) is 41.9 Å². The topological polar surface area (TPSA) is 79.2 Å². The molecule has 36 heavy (non-hydrogen) atoms. The molecule has 0 radical (unpaired) electrons. The first kappa shape index (κ1) is 27.7. The Balaban J connectivity index is 2.05. The molecule has 7 heteroatoms. The molecule has 0 atom stereocenters. The lowest BCUT2D eigenvalue weighted by atomic mass is 9.87. The first-order valence-electron chi connectivity index (χ1n) is 12.1. The molecule has 192 valence electrons. The minimum absolute atomic E-state index is 0.121. The summed E-state index contributed by atoms with van der Waals surface area (Å²) in [6, 6.07) is 23.6. The molecule has 0 amide bonds. The molecule has 0 aliphatic carbocycles. The highest BCUT2D eigenvalue weighted by Gasteiger charge is 2.17. The van der Waals surface area contributed by atoms with Crippen molar-refractivity contribution in [3.63, 3.8) is 0 Å². The summed E-state index contributed by atoms with van der Waals surface area (Å²) >= 11 is 0. The van der Waals surface area contributed by atoms with Crippen LogP contribution in [0.25, 0.3) is 11.1 Å². The van der Waals surface area contributed by atoms with Crippen LogP contribution in [0.5, 0.6) is 11.5 Å². The second-order valence-corrected chi connectivity index (χ2v) is 10.4. The predicted octanol–water partition coefficient (Wildman–Crippen LogP) is 6.59. The van der Waals surface area contributed by atoms with Gasteiger partial charge >= 0.3 is 7.82 Å². The fraction of sp³-hybridized carbons (Fsp3) is 0.310. The summed E-state index contributed by atoms with van der Waals surface area (Å²) in [5.41, 5.74) is 6.61. The van der Waals surface area contributed by atoms with E-state index < -0.39 is 7.82 Å². The minimum Gasteiger partial charge on any atom is -0.492 e. The molecule has 6 nitrogen and oxygen atoms in total. The van der Waals surface area contributed by atoms with Gasteiger partial charge in [-0.1, -0.05) is 69.3 Å². The van der Waals surface area contributed by atoms with Crippen LogP contribution in [-0.2, 0) is 4.57 Å². The smallest absolute Gasteiger partial charge is 0.492 e. The lowest BCUT2D eigenvalue weighted by molar-refractivity contribution is 0.261. The van der Waals surface area contributed by atoms with Gasteiger partial charge in [-0.2, -0.15) is 0 Å². The summed E-state index contributed by atoms with van der Waals surface area (Å²) < 4.78 is 21.9. The summed E-state index contributed by atoms with van der Waals surface area (Å²) in [6.45, 7) is 7.94. The lowest BCUT2D eigenvalue weighted by Gasteiger charge is -2.18. The number of likely N-dealkylation sites (N-methyl/N-ethyl adjacent to an activating group) is 1. The maximum absolute atomic E-state index is 11.2. The van der Waals surface area contributed by atoms with Crippen molar-refractivity contribution in [1.82, 2.24) is 4.90 Å². The van der Waals surface area contributed by atoms with E-state index in [0.717, 1.165) is 41.0 Å². The van der Waals surface area contributed by atoms with E-state index in [0.29, 0.717) is 12.5 Å². The Morgan fingerprint density at radius 2 is 1.33 bits per heavy atom. The Hall–Kier alpha value is -2.89. The maximum Gasteiger partial charge on any atom is 0.524 e.